The molecule has 0 spiro atoms. The van der Waals surface area contributed by atoms with Gasteiger partial charge >= 0.3 is 0 Å². The fourth-order valence-corrected chi connectivity index (χ4v) is 2.12. The van der Waals surface area contributed by atoms with Gasteiger partial charge in [-0.05, 0) is 35.9 Å². The molecule has 2 heterocycles. The van der Waals surface area contributed by atoms with Crippen molar-refractivity contribution >= 4 is 28.9 Å². The minimum atomic E-state index is -0.459. The van der Waals surface area contributed by atoms with Gasteiger partial charge < -0.3 is 10.6 Å². The lowest BCUT2D eigenvalue weighted by atomic mass is 10.3. The lowest BCUT2D eigenvalue weighted by Gasteiger charge is -2.09. The number of nitrogens with one attached hydrogen (secondary N) is 2. The number of benzene rings is 1. The number of nitrogens with zero attached hydrogens (tertiary/aromatic N) is 3. The smallest absolute Gasteiger partial charge is 0.141 e. The van der Waals surface area contributed by atoms with Crippen LogP contribution in [0.1, 0.15) is 5.56 Å². The van der Waals surface area contributed by atoms with Crippen LogP contribution in [0, 0.1) is 5.82 Å². The van der Waals surface area contributed by atoms with Crippen LogP contribution in [-0.4, -0.2) is 15.0 Å². The average Bonchev–Trinajstić information content (AvgIpc) is 2.58. The Morgan fingerprint density at radius 1 is 1.00 bits per heavy atom. The first-order valence-electron chi connectivity index (χ1n) is 6.87. The van der Waals surface area contributed by atoms with Crippen molar-refractivity contribution in [2.45, 2.75) is 6.54 Å². The predicted octanol–water partition coefficient (Wildman–Crippen LogP) is 4.02. The third-order valence-corrected chi connectivity index (χ3v) is 3.37. The van der Waals surface area contributed by atoms with Crippen molar-refractivity contribution in [2.75, 3.05) is 10.6 Å². The molecule has 23 heavy (non-hydrogen) atoms. The lowest BCUT2D eigenvalue weighted by molar-refractivity contribution is 0.628. The molecule has 0 atom stereocenters. The molecule has 0 amide bonds. The molecular formula is C16H13ClFN5. The van der Waals surface area contributed by atoms with Gasteiger partial charge in [0.25, 0.3) is 0 Å². The van der Waals surface area contributed by atoms with Crippen LogP contribution in [0.4, 0.5) is 21.7 Å². The minimum absolute atomic E-state index is 0.0556. The normalized spacial score (nSPS) is 10.3. The second-order valence-corrected chi connectivity index (χ2v) is 5.16. The molecule has 7 heteroatoms. The van der Waals surface area contributed by atoms with E-state index >= 15 is 0 Å². The minimum Gasteiger partial charge on any atom is -0.366 e. The van der Waals surface area contributed by atoms with Crippen molar-refractivity contribution in [3.05, 3.63) is 71.5 Å². The van der Waals surface area contributed by atoms with E-state index in [1.54, 1.807) is 24.5 Å². The molecule has 0 fully saturated rings. The molecule has 3 aromatic rings. The first-order valence-corrected chi connectivity index (χ1v) is 7.25. The highest BCUT2D eigenvalue weighted by molar-refractivity contribution is 6.31. The fraction of sp³-hybridized carbons (Fsp3) is 0.0625. The number of halogens is 2. The van der Waals surface area contributed by atoms with Gasteiger partial charge in [-0.2, -0.15) is 0 Å². The zero-order valence-corrected chi connectivity index (χ0v) is 12.8. The van der Waals surface area contributed by atoms with E-state index in [-0.39, 0.29) is 5.02 Å². The Labute approximate surface area is 137 Å². The molecule has 0 aliphatic carbocycles. The molecule has 2 aromatic heterocycles. The van der Waals surface area contributed by atoms with E-state index in [0.29, 0.717) is 23.9 Å². The number of hydrogen-bond donors (Lipinski definition) is 2. The fourth-order valence-electron chi connectivity index (χ4n) is 1.94. The summed E-state index contributed by atoms with van der Waals surface area (Å²) in [5.74, 6) is 0.798. The Balaban J connectivity index is 1.68. The Bertz CT molecular complexity index is 797. The molecule has 0 saturated heterocycles. The summed E-state index contributed by atoms with van der Waals surface area (Å²) in [6.07, 6.45) is 4.92. The quantitative estimate of drug-likeness (QED) is 0.740. The molecule has 0 radical (unpaired) electrons. The van der Waals surface area contributed by atoms with Gasteiger partial charge in [-0.15, -0.1) is 0 Å². The van der Waals surface area contributed by atoms with E-state index in [1.807, 2.05) is 12.1 Å². The van der Waals surface area contributed by atoms with E-state index in [2.05, 4.69) is 25.6 Å². The first-order chi connectivity index (χ1) is 11.2. The van der Waals surface area contributed by atoms with Gasteiger partial charge in [-0.25, -0.2) is 14.4 Å². The van der Waals surface area contributed by atoms with Gasteiger partial charge in [0.15, 0.2) is 0 Å². The highest BCUT2D eigenvalue weighted by Gasteiger charge is 2.03. The van der Waals surface area contributed by atoms with Crippen LogP contribution >= 0.6 is 11.6 Å². The van der Waals surface area contributed by atoms with Crippen LogP contribution in [0.5, 0.6) is 0 Å². The highest BCUT2D eigenvalue weighted by Crippen LogP contribution is 2.22. The summed E-state index contributed by atoms with van der Waals surface area (Å²) >= 11 is 5.76. The topological polar surface area (TPSA) is 62.7 Å². The molecule has 0 aliphatic rings. The lowest BCUT2D eigenvalue weighted by Crippen LogP contribution is -2.03. The maximum absolute atomic E-state index is 13.2. The van der Waals surface area contributed by atoms with Gasteiger partial charge in [-0.3, -0.25) is 4.98 Å². The van der Waals surface area contributed by atoms with Crippen LogP contribution in [-0.2, 0) is 6.54 Å². The van der Waals surface area contributed by atoms with Crippen molar-refractivity contribution in [3.63, 3.8) is 0 Å². The van der Waals surface area contributed by atoms with Crippen LogP contribution in [0.3, 0.4) is 0 Å². The predicted molar refractivity (Wildman–Crippen MR) is 88.3 cm³/mol. The van der Waals surface area contributed by atoms with Crippen molar-refractivity contribution in [1.29, 1.82) is 0 Å². The Kier molecular flexibility index (Phi) is 4.63. The molecule has 116 valence electrons. The van der Waals surface area contributed by atoms with Gasteiger partial charge in [-0.1, -0.05) is 11.6 Å². The molecule has 5 nitrogen and oxygen atoms in total. The number of pyridine rings is 1. The third kappa shape index (κ3) is 4.14. The van der Waals surface area contributed by atoms with E-state index in [0.717, 1.165) is 5.56 Å². The van der Waals surface area contributed by atoms with Crippen molar-refractivity contribution in [3.8, 4) is 0 Å². The zero-order valence-electron chi connectivity index (χ0n) is 12.0. The monoisotopic (exact) mass is 329 g/mol. The van der Waals surface area contributed by atoms with Gasteiger partial charge in [0.05, 0.1) is 5.02 Å². The van der Waals surface area contributed by atoms with Gasteiger partial charge in [0.2, 0.25) is 0 Å². The average molecular weight is 330 g/mol. The van der Waals surface area contributed by atoms with E-state index in [9.17, 15) is 4.39 Å². The summed E-state index contributed by atoms with van der Waals surface area (Å²) < 4.78 is 13.2. The number of aromatic nitrogens is 3. The highest BCUT2D eigenvalue weighted by atomic mass is 35.5. The van der Waals surface area contributed by atoms with Crippen LogP contribution in [0.25, 0.3) is 0 Å². The first kappa shape index (κ1) is 15.2. The second-order valence-electron chi connectivity index (χ2n) is 4.75. The van der Waals surface area contributed by atoms with Crippen molar-refractivity contribution < 1.29 is 4.39 Å². The standard InChI is InChI=1S/C16H13ClFN5/c17-13-7-12(1-2-14(13)18)23-16-8-15(21-10-22-16)20-9-11-3-5-19-6-4-11/h1-8,10H,9H2,(H2,20,21,22,23). The summed E-state index contributed by atoms with van der Waals surface area (Å²) in [7, 11) is 0. The molecule has 3 rings (SSSR count). The molecule has 0 bridgehead atoms. The third-order valence-electron chi connectivity index (χ3n) is 3.08. The molecule has 0 aliphatic heterocycles. The molecule has 1 aromatic carbocycles. The molecule has 0 unspecified atom stereocenters. The van der Waals surface area contributed by atoms with Crippen molar-refractivity contribution in [1.82, 2.24) is 15.0 Å². The summed E-state index contributed by atoms with van der Waals surface area (Å²) in [5, 5.41) is 6.32. The largest absolute Gasteiger partial charge is 0.366 e. The van der Waals surface area contributed by atoms with E-state index < -0.39 is 5.82 Å². The maximum atomic E-state index is 13.2. The summed E-state index contributed by atoms with van der Waals surface area (Å²) in [4.78, 5) is 12.3. The Morgan fingerprint density at radius 3 is 2.57 bits per heavy atom. The molecular weight excluding hydrogens is 317 g/mol. The zero-order chi connectivity index (χ0) is 16.1. The second kappa shape index (κ2) is 7.02. The maximum Gasteiger partial charge on any atom is 0.141 e. The summed E-state index contributed by atoms with van der Waals surface area (Å²) in [5.41, 5.74) is 1.74. The summed E-state index contributed by atoms with van der Waals surface area (Å²) in [6, 6.07) is 10.0. The van der Waals surface area contributed by atoms with Gasteiger partial charge in [0.1, 0.15) is 23.8 Å². The number of rotatable bonds is 5. The van der Waals surface area contributed by atoms with Crippen LogP contribution in [0.15, 0.2) is 55.1 Å². The number of anilines is 3. The summed E-state index contributed by atoms with van der Waals surface area (Å²) in [6.45, 7) is 0.626. The Morgan fingerprint density at radius 2 is 1.78 bits per heavy atom. The van der Waals surface area contributed by atoms with E-state index in [1.165, 1.54) is 18.5 Å². The van der Waals surface area contributed by atoms with Crippen LogP contribution in [0.2, 0.25) is 5.02 Å². The molecule has 2 N–H and O–H groups in total. The SMILES string of the molecule is Fc1ccc(Nc2cc(NCc3ccncc3)ncn2)cc1Cl. The van der Waals surface area contributed by atoms with E-state index in [4.69, 9.17) is 11.6 Å². The van der Waals surface area contributed by atoms with Crippen LogP contribution < -0.4 is 10.6 Å². The Hall–Kier alpha value is -2.73. The molecule has 0 saturated carbocycles. The van der Waals surface area contributed by atoms with Crippen molar-refractivity contribution in [2.24, 2.45) is 0 Å². The van der Waals surface area contributed by atoms with Gasteiger partial charge in [0, 0.05) is 30.7 Å². The number of hydrogen-bond acceptors (Lipinski definition) is 5.